The average molecular weight is 313 g/mol. The van der Waals surface area contributed by atoms with Crippen molar-refractivity contribution in [2.24, 2.45) is 0 Å². The quantitative estimate of drug-likeness (QED) is 0.781. The average Bonchev–Trinajstić information content (AvgIpc) is 2.49. The van der Waals surface area contributed by atoms with Gasteiger partial charge in [-0.05, 0) is 12.1 Å². The molecule has 1 aromatic rings. The lowest BCUT2D eigenvalue weighted by Crippen LogP contribution is -2.49. The molecule has 0 radical (unpaired) electrons. The fourth-order valence-corrected chi connectivity index (χ4v) is 2.34. The van der Waals surface area contributed by atoms with Crippen LogP contribution in [0.2, 0.25) is 5.02 Å². The Morgan fingerprint density at radius 2 is 2.10 bits per heavy atom. The second-order valence-electron chi connectivity index (χ2n) is 4.83. The normalized spacial score (nSPS) is 15.8. The predicted molar refractivity (Wildman–Crippen MR) is 80.1 cm³/mol. The summed E-state index contributed by atoms with van der Waals surface area (Å²) in [6.45, 7) is 7.51. The predicted octanol–water partition coefficient (Wildman–Crippen LogP) is 2.19. The van der Waals surface area contributed by atoms with Crippen LogP contribution in [0, 0.1) is 5.82 Å². The summed E-state index contributed by atoms with van der Waals surface area (Å²) >= 11 is 5.66. The smallest absolute Gasteiger partial charge is 0.260 e. The van der Waals surface area contributed by atoms with Crippen LogP contribution < -0.4 is 4.74 Å². The zero-order valence-electron chi connectivity index (χ0n) is 11.7. The number of hydrogen-bond donors (Lipinski definition) is 0. The van der Waals surface area contributed by atoms with E-state index < -0.39 is 5.82 Å². The van der Waals surface area contributed by atoms with E-state index >= 15 is 0 Å². The van der Waals surface area contributed by atoms with Gasteiger partial charge >= 0.3 is 0 Å². The maximum atomic E-state index is 13.0. The highest BCUT2D eigenvalue weighted by molar-refractivity contribution is 6.30. The van der Waals surface area contributed by atoms with Crippen molar-refractivity contribution < 1.29 is 13.9 Å². The fourth-order valence-electron chi connectivity index (χ4n) is 2.17. The van der Waals surface area contributed by atoms with E-state index in [1.54, 1.807) is 4.90 Å². The minimum atomic E-state index is -0.506. The molecule has 114 valence electrons. The van der Waals surface area contributed by atoms with Crippen molar-refractivity contribution in [3.05, 3.63) is 41.7 Å². The van der Waals surface area contributed by atoms with Crippen molar-refractivity contribution in [2.75, 3.05) is 39.3 Å². The summed E-state index contributed by atoms with van der Waals surface area (Å²) in [7, 11) is 0. The first-order valence-corrected chi connectivity index (χ1v) is 7.17. The Morgan fingerprint density at radius 3 is 2.71 bits per heavy atom. The second-order valence-corrected chi connectivity index (χ2v) is 5.24. The molecule has 1 aliphatic heterocycles. The molecule has 1 aliphatic rings. The molecule has 2 rings (SSSR count). The van der Waals surface area contributed by atoms with E-state index in [1.807, 2.05) is 6.08 Å². The van der Waals surface area contributed by atoms with Gasteiger partial charge in [-0.15, -0.1) is 6.58 Å². The summed E-state index contributed by atoms with van der Waals surface area (Å²) < 4.78 is 18.4. The number of rotatable bonds is 5. The lowest BCUT2D eigenvalue weighted by Gasteiger charge is -2.34. The maximum absolute atomic E-state index is 13.0. The van der Waals surface area contributed by atoms with Gasteiger partial charge in [0.2, 0.25) is 0 Å². The van der Waals surface area contributed by atoms with Crippen LogP contribution in [0.1, 0.15) is 0 Å². The minimum absolute atomic E-state index is 0.0158. The van der Waals surface area contributed by atoms with E-state index in [-0.39, 0.29) is 17.5 Å². The highest BCUT2D eigenvalue weighted by Crippen LogP contribution is 2.21. The zero-order chi connectivity index (χ0) is 15.2. The largest absolute Gasteiger partial charge is 0.484 e. The number of piperazine rings is 1. The molecule has 1 saturated heterocycles. The van der Waals surface area contributed by atoms with Gasteiger partial charge in [0.15, 0.2) is 6.61 Å². The standard InChI is InChI=1S/C15H18ClFN2O2/c1-2-5-18-6-8-19(9-7-18)15(20)11-21-12-3-4-14(17)13(16)10-12/h2-4,10H,1,5-9,11H2. The first kappa shape index (κ1) is 15.8. The minimum Gasteiger partial charge on any atom is -0.484 e. The third-order valence-electron chi connectivity index (χ3n) is 3.37. The molecule has 1 amide bonds. The molecule has 1 heterocycles. The van der Waals surface area contributed by atoms with Crippen molar-refractivity contribution >= 4 is 17.5 Å². The SMILES string of the molecule is C=CCN1CCN(C(=O)COc2ccc(F)c(Cl)c2)CC1. The molecular weight excluding hydrogens is 295 g/mol. The third-order valence-corrected chi connectivity index (χ3v) is 3.66. The van der Waals surface area contributed by atoms with Gasteiger partial charge in [-0.1, -0.05) is 17.7 Å². The Hall–Kier alpha value is -1.59. The molecule has 0 N–H and O–H groups in total. The van der Waals surface area contributed by atoms with Crippen molar-refractivity contribution in [3.63, 3.8) is 0 Å². The van der Waals surface area contributed by atoms with Crippen LogP contribution in [0.15, 0.2) is 30.9 Å². The summed E-state index contributed by atoms with van der Waals surface area (Å²) in [4.78, 5) is 16.0. The molecular formula is C15H18ClFN2O2. The van der Waals surface area contributed by atoms with Crippen LogP contribution in [0.25, 0.3) is 0 Å². The number of ether oxygens (including phenoxy) is 1. The Kier molecular flexibility index (Phi) is 5.59. The van der Waals surface area contributed by atoms with E-state index in [4.69, 9.17) is 16.3 Å². The number of halogens is 2. The van der Waals surface area contributed by atoms with Crippen LogP contribution in [-0.2, 0) is 4.79 Å². The zero-order valence-corrected chi connectivity index (χ0v) is 12.5. The Labute approximate surface area is 128 Å². The Bertz CT molecular complexity index is 516. The van der Waals surface area contributed by atoms with E-state index in [9.17, 15) is 9.18 Å². The molecule has 4 nitrogen and oxygen atoms in total. The van der Waals surface area contributed by atoms with Gasteiger partial charge in [0.05, 0.1) is 5.02 Å². The van der Waals surface area contributed by atoms with Gasteiger partial charge in [-0.2, -0.15) is 0 Å². The highest BCUT2D eigenvalue weighted by atomic mass is 35.5. The summed E-state index contributed by atoms with van der Waals surface area (Å²) in [5.41, 5.74) is 0. The van der Waals surface area contributed by atoms with Gasteiger partial charge < -0.3 is 9.64 Å². The summed E-state index contributed by atoms with van der Waals surface area (Å²) in [6, 6.07) is 4.04. The first-order valence-electron chi connectivity index (χ1n) is 6.79. The van der Waals surface area contributed by atoms with Gasteiger partial charge in [0.1, 0.15) is 11.6 Å². The molecule has 0 unspecified atom stereocenters. The topological polar surface area (TPSA) is 32.8 Å². The number of benzene rings is 1. The Morgan fingerprint density at radius 1 is 1.38 bits per heavy atom. The van der Waals surface area contributed by atoms with Crippen molar-refractivity contribution in [3.8, 4) is 5.75 Å². The fraction of sp³-hybridized carbons (Fsp3) is 0.400. The lowest BCUT2D eigenvalue weighted by atomic mass is 10.3. The highest BCUT2D eigenvalue weighted by Gasteiger charge is 2.20. The first-order chi connectivity index (χ1) is 10.1. The van der Waals surface area contributed by atoms with Crippen LogP contribution in [0.3, 0.4) is 0 Å². The van der Waals surface area contributed by atoms with E-state index in [0.717, 1.165) is 19.6 Å². The van der Waals surface area contributed by atoms with Crippen LogP contribution in [-0.4, -0.2) is 55.0 Å². The number of hydrogen-bond acceptors (Lipinski definition) is 3. The monoisotopic (exact) mass is 312 g/mol. The summed E-state index contributed by atoms with van der Waals surface area (Å²) in [5.74, 6) is -0.192. The van der Waals surface area contributed by atoms with Crippen molar-refractivity contribution in [2.45, 2.75) is 0 Å². The molecule has 0 spiro atoms. The molecule has 0 atom stereocenters. The van der Waals surface area contributed by atoms with Crippen molar-refractivity contribution in [1.82, 2.24) is 9.80 Å². The van der Waals surface area contributed by atoms with E-state index in [0.29, 0.717) is 18.8 Å². The van der Waals surface area contributed by atoms with Crippen LogP contribution >= 0.6 is 11.6 Å². The molecule has 6 heteroatoms. The Balaban J connectivity index is 1.79. The number of carbonyl (C=O) groups excluding carboxylic acids is 1. The van der Waals surface area contributed by atoms with Crippen molar-refractivity contribution in [1.29, 1.82) is 0 Å². The summed E-state index contributed by atoms with van der Waals surface area (Å²) in [5, 5.41) is -0.0158. The number of nitrogens with zero attached hydrogens (tertiary/aromatic N) is 2. The lowest BCUT2D eigenvalue weighted by molar-refractivity contribution is -0.135. The van der Waals surface area contributed by atoms with Crippen LogP contribution in [0.4, 0.5) is 4.39 Å². The van der Waals surface area contributed by atoms with Gasteiger partial charge in [0, 0.05) is 38.8 Å². The third kappa shape index (κ3) is 4.44. The molecule has 21 heavy (non-hydrogen) atoms. The molecule has 0 saturated carbocycles. The molecule has 1 fully saturated rings. The maximum Gasteiger partial charge on any atom is 0.260 e. The van der Waals surface area contributed by atoms with E-state index in [2.05, 4.69) is 11.5 Å². The molecule has 0 aliphatic carbocycles. The van der Waals surface area contributed by atoms with Gasteiger partial charge in [0.25, 0.3) is 5.91 Å². The summed E-state index contributed by atoms with van der Waals surface area (Å²) in [6.07, 6.45) is 1.86. The number of carbonyl (C=O) groups is 1. The van der Waals surface area contributed by atoms with E-state index in [1.165, 1.54) is 18.2 Å². The van der Waals surface area contributed by atoms with Gasteiger partial charge in [-0.3, -0.25) is 9.69 Å². The molecule has 0 aromatic heterocycles. The molecule has 0 bridgehead atoms. The number of amides is 1. The second kappa shape index (κ2) is 7.43. The van der Waals surface area contributed by atoms with Crippen LogP contribution in [0.5, 0.6) is 5.75 Å². The molecule has 1 aromatic carbocycles. The van der Waals surface area contributed by atoms with Gasteiger partial charge in [-0.25, -0.2) is 4.39 Å².